The van der Waals surface area contributed by atoms with Gasteiger partial charge >= 0.3 is 0 Å². The van der Waals surface area contributed by atoms with E-state index >= 15 is 0 Å². The molecule has 0 aromatic heterocycles. The number of benzene rings is 1. The third-order valence-corrected chi connectivity index (χ3v) is 3.61. The Morgan fingerprint density at radius 2 is 1.88 bits per heavy atom. The highest BCUT2D eigenvalue weighted by molar-refractivity contribution is 14.0. The number of hydrogen-bond acceptors (Lipinski definition) is 3. The smallest absolute Gasteiger partial charge is 0.243 e. The largest absolute Gasteiger partial charge is 0.378 e. The Morgan fingerprint density at radius 3 is 2.42 bits per heavy atom. The van der Waals surface area contributed by atoms with Crippen molar-refractivity contribution in [1.29, 1.82) is 0 Å². The Balaban J connectivity index is 0.00000625. The van der Waals surface area contributed by atoms with Crippen molar-refractivity contribution in [2.45, 2.75) is 33.3 Å². The lowest BCUT2D eigenvalue weighted by atomic mass is 10.0. The van der Waals surface area contributed by atoms with E-state index in [1.807, 2.05) is 6.92 Å². The van der Waals surface area contributed by atoms with Gasteiger partial charge in [0.2, 0.25) is 5.91 Å². The van der Waals surface area contributed by atoms with E-state index in [1.54, 1.807) is 7.05 Å². The number of anilines is 1. The molecule has 0 fully saturated rings. The molecule has 0 saturated carbocycles. The number of halogens is 2. The zero-order valence-corrected chi connectivity index (χ0v) is 18.2. The molecular formula is C18H30FIN4O2. The van der Waals surface area contributed by atoms with Gasteiger partial charge in [0.05, 0.1) is 12.6 Å². The number of aliphatic imine (C=N–C) groups is 1. The van der Waals surface area contributed by atoms with Crippen LogP contribution < -0.4 is 16.0 Å². The summed E-state index contributed by atoms with van der Waals surface area (Å²) >= 11 is 0. The molecule has 8 heteroatoms. The van der Waals surface area contributed by atoms with Crippen LogP contribution in [0, 0.1) is 11.7 Å². The molecule has 6 nitrogen and oxygen atoms in total. The molecule has 0 aliphatic heterocycles. The molecule has 26 heavy (non-hydrogen) atoms. The molecular weight excluding hydrogens is 450 g/mol. The summed E-state index contributed by atoms with van der Waals surface area (Å²) in [6, 6.07) is 5.63. The monoisotopic (exact) mass is 480 g/mol. The van der Waals surface area contributed by atoms with Gasteiger partial charge in [-0.1, -0.05) is 13.8 Å². The fourth-order valence-electron chi connectivity index (χ4n) is 2.28. The molecule has 1 rings (SSSR count). The van der Waals surface area contributed by atoms with Crippen LogP contribution in [0.2, 0.25) is 0 Å². The molecule has 0 heterocycles. The van der Waals surface area contributed by atoms with Crippen LogP contribution in [0.15, 0.2) is 29.3 Å². The maximum Gasteiger partial charge on any atom is 0.243 e. The highest BCUT2D eigenvalue weighted by Gasteiger charge is 2.13. The van der Waals surface area contributed by atoms with Crippen molar-refractivity contribution in [2.24, 2.45) is 10.9 Å². The Hall–Kier alpha value is -1.42. The molecule has 148 valence electrons. The number of hydrogen-bond donors (Lipinski definition) is 3. The molecule has 1 unspecified atom stereocenters. The molecule has 0 aliphatic carbocycles. The van der Waals surface area contributed by atoms with Gasteiger partial charge in [0, 0.05) is 25.9 Å². The van der Waals surface area contributed by atoms with Crippen LogP contribution in [0.25, 0.3) is 0 Å². The summed E-state index contributed by atoms with van der Waals surface area (Å²) in [5.74, 6) is 0.419. The van der Waals surface area contributed by atoms with Crippen LogP contribution >= 0.6 is 24.0 Å². The third-order valence-electron chi connectivity index (χ3n) is 3.61. The Bertz CT molecular complexity index is 553. The van der Waals surface area contributed by atoms with Crippen LogP contribution in [0.1, 0.15) is 27.2 Å². The van der Waals surface area contributed by atoms with Crippen LogP contribution in [0.5, 0.6) is 0 Å². The van der Waals surface area contributed by atoms with Crippen molar-refractivity contribution in [3.05, 3.63) is 30.1 Å². The molecule has 0 radical (unpaired) electrons. The van der Waals surface area contributed by atoms with Gasteiger partial charge in [-0.25, -0.2) is 4.39 Å². The number of carbonyl (C=O) groups excluding carboxylic acids is 1. The molecule has 1 amide bonds. The second-order valence-corrected chi connectivity index (χ2v) is 5.93. The highest BCUT2D eigenvalue weighted by Crippen LogP contribution is 2.10. The number of rotatable bonds is 9. The minimum Gasteiger partial charge on any atom is -0.378 e. The van der Waals surface area contributed by atoms with E-state index in [0.717, 1.165) is 6.42 Å². The van der Waals surface area contributed by atoms with E-state index < -0.39 is 0 Å². The predicted octanol–water partition coefficient (Wildman–Crippen LogP) is 3.00. The highest BCUT2D eigenvalue weighted by atomic mass is 127. The molecule has 0 aliphatic rings. The lowest BCUT2D eigenvalue weighted by Crippen LogP contribution is -2.42. The van der Waals surface area contributed by atoms with Gasteiger partial charge in [-0.05, 0) is 43.5 Å². The van der Waals surface area contributed by atoms with Gasteiger partial charge in [0.15, 0.2) is 5.96 Å². The topological polar surface area (TPSA) is 74.8 Å². The second kappa shape index (κ2) is 13.7. The first-order valence-electron chi connectivity index (χ1n) is 8.57. The van der Waals surface area contributed by atoms with Crippen molar-refractivity contribution in [3.63, 3.8) is 0 Å². The molecule has 3 N–H and O–H groups in total. The van der Waals surface area contributed by atoms with E-state index in [1.165, 1.54) is 24.3 Å². The van der Waals surface area contributed by atoms with E-state index in [2.05, 4.69) is 34.8 Å². The maximum absolute atomic E-state index is 12.8. The fourth-order valence-corrected chi connectivity index (χ4v) is 2.28. The van der Waals surface area contributed by atoms with Crippen molar-refractivity contribution in [3.8, 4) is 0 Å². The standard InChI is InChI=1S/C18H29FN4O2.HI/c1-5-25-16(13(2)3)10-11-21-18(20-4)22-12-17(24)23-15-8-6-14(19)7-9-15;/h6-9,13,16H,5,10-12H2,1-4H3,(H,23,24)(H2,20,21,22);1H. The quantitative estimate of drug-likeness (QED) is 0.289. The van der Waals surface area contributed by atoms with Crippen LogP contribution in [0.3, 0.4) is 0 Å². The summed E-state index contributed by atoms with van der Waals surface area (Å²) in [5, 5.41) is 8.80. The number of amides is 1. The number of nitrogens with one attached hydrogen (secondary N) is 3. The number of ether oxygens (including phenoxy) is 1. The summed E-state index contributed by atoms with van der Waals surface area (Å²) in [7, 11) is 1.65. The van der Waals surface area contributed by atoms with Gasteiger partial charge in [-0.15, -0.1) is 24.0 Å². The van der Waals surface area contributed by atoms with Crippen LogP contribution in [-0.2, 0) is 9.53 Å². The van der Waals surface area contributed by atoms with Gasteiger partial charge in [-0.2, -0.15) is 0 Å². The van der Waals surface area contributed by atoms with Crippen LogP contribution in [0.4, 0.5) is 10.1 Å². The summed E-state index contributed by atoms with van der Waals surface area (Å²) < 4.78 is 18.5. The Morgan fingerprint density at radius 1 is 1.23 bits per heavy atom. The molecule has 0 bridgehead atoms. The zero-order chi connectivity index (χ0) is 18.7. The van der Waals surface area contributed by atoms with Crippen molar-refractivity contribution >= 4 is 41.5 Å². The molecule has 1 atom stereocenters. The average Bonchev–Trinajstić information content (AvgIpc) is 2.58. The Kier molecular flexibility index (Phi) is 13.0. The number of nitrogens with zero attached hydrogens (tertiary/aromatic N) is 1. The summed E-state index contributed by atoms with van der Waals surface area (Å²) in [6.45, 7) is 7.71. The number of guanidine groups is 1. The normalized spacial score (nSPS) is 12.3. The SMILES string of the molecule is CCOC(CCNC(=NC)NCC(=O)Nc1ccc(F)cc1)C(C)C.I. The van der Waals surface area contributed by atoms with Crippen LogP contribution in [-0.4, -0.2) is 44.7 Å². The van der Waals surface area contributed by atoms with Gasteiger partial charge in [0.25, 0.3) is 0 Å². The van der Waals surface area contributed by atoms with Gasteiger partial charge in [-0.3, -0.25) is 9.79 Å². The molecule has 1 aromatic carbocycles. The van der Waals surface area contributed by atoms with E-state index in [9.17, 15) is 9.18 Å². The van der Waals surface area contributed by atoms with Gasteiger partial charge < -0.3 is 20.7 Å². The minimum absolute atomic E-state index is 0. The average molecular weight is 480 g/mol. The van der Waals surface area contributed by atoms with Crippen molar-refractivity contribution in [2.75, 3.05) is 32.1 Å². The fraction of sp³-hybridized carbons (Fsp3) is 0.556. The third kappa shape index (κ3) is 9.91. The summed E-state index contributed by atoms with van der Waals surface area (Å²) in [4.78, 5) is 16.0. The van der Waals surface area contributed by atoms with E-state index in [-0.39, 0.29) is 48.3 Å². The first kappa shape index (κ1) is 24.6. The van der Waals surface area contributed by atoms with E-state index in [0.29, 0.717) is 30.7 Å². The maximum atomic E-state index is 12.8. The number of carbonyl (C=O) groups is 1. The first-order chi connectivity index (χ1) is 12.0. The minimum atomic E-state index is -0.340. The molecule has 0 saturated heterocycles. The molecule has 1 aromatic rings. The lowest BCUT2D eigenvalue weighted by molar-refractivity contribution is -0.115. The predicted molar refractivity (Wildman–Crippen MR) is 115 cm³/mol. The zero-order valence-electron chi connectivity index (χ0n) is 15.8. The summed E-state index contributed by atoms with van der Waals surface area (Å²) in [6.07, 6.45) is 1.05. The molecule has 0 spiro atoms. The Labute approximate surface area is 172 Å². The first-order valence-corrected chi connectivity index (χ1v) is 8.57. The lowest BCUT2D eigenvalue weighted by Gasteiger charge is -2.21. The van der Waals surface area contributed by atoms with Crippen molar-refractivity contribution < 1.29 is 13.9 Å². The van der Waals surface area contributed by atoms with E-state index in [4.69, 9.17) is 4.74 Å². The summed E-state index contributed by atoms with van der Waals surface area (Å²) in [5.41, 5.74) is 0.549. The van der Waals surface area contributed by atoms with Gasteiger partial charge in [0.1, 0.15) is 5.82 Å². The van der Waals surface area contributed by atoms with Crippen molar-refractivity contribution in [1.82, 2.24) is 10.6 Å². The second-order valence-electron chi connectivity index (χ2n) is 5.93.